The Balaban J connectivity index is 0.00000289. The summed E-state index contributed by atoms with van der Waals surface area (Å²) in [7, 11) is 1.59. The van der Waals surface area contributed by atoms with Crippen LogP contribution in [-0.2, 0) is 11.3 Å². The third-order valence-electron chi connectivity index (χ3n) is 1.89. The highest BCUT2D eigenvalue weighted by Crippen LogP contribution is 2.09. The molecular formula is C12H20N2O4. The average molecular weight is 256 g/mol. The molecule has 0 aliphatic heterocycles. The SMILES string of the molecule is COc1c[nH+]cc(CNC(=O)OC(C)(C)C)c1.[OH-]. The maximum absolute atomic E-state index is 11.4. The summed E-state index contributed by atoms with van der Waals surface area (Å²) < 4.78 is 10.2. The minimum atomic E-state index is -0.482. The predicted molar refractivity (Wildman–Crippen MR) is 64.6 cm³/mol. The fourth-order valence-electron chi connectivity index (χ4n) is 1.21. The van der Waals surface area contributed by atoms with E-state index in [1.54, 1.807) is 19.5 Å². The zero-order valence-electron chi connectivity index (χ0n) is 11.1. The molecule has 1 heterocycles. The van der Waals surface area contributed by atoms with E-state index < -0.39 is 11.7 Å². The molecule has 1 aromatic heterocycles. The molecule has 1 aromatic rings. The lowest BCUT2D eigenvalue weighted by Gasteiger charge is -2.19. The number of H-pyrrole nitrogens is 1. The lowest BCUT2D eigenvalue weighted by Crippen LogP contribution is -2.32. The van der Waals surface area contributed by atoms with Crippen molar-refractivity contribution in [2.75, 3.05) is 7.11 Å². The standard InChI is InChI=1S/C12H18N2O3.H2O/c1-12(2,3)17-11(15)14-7-9-5-10(16-4)8-13-6-9;/h5-6,8H,7H2,1-4H3,(H,14,15);1H2. The molecule has 0 saturated heterocycles. The molecule has 0 aromatic carbocycles. The first kappa shape index (κ1) is 16.2. The average Bonchev–Trinajstić information content (AvgIpc) is 2.24. The van der Waals surface area contributed by atoms with Crippen LogP contribution in [0.5, 0.6) is 5.75 Å². The predicted octanol–water partition coefficient (Wildman–Crippen LogP) is 1.36. The van der Waals surface area contributed by atoms with Gasteiger partial charge in [-0.25, -0.2) is 9.78 Å². The van der Waals surface area contributed by atoms with Crippen LogP contribution in [-0.4, -0.2) is 24.3 Å². The van der Waals surface area contributed by atoms with Crippen LogP contribution in [0, 0.1) is 0 Å². The van der Waals surface area contributed by atoms with Crippen molar-refractivity contribution in [2.24, 2.45) is 0 Å². The molecule has 0 bridgehead atoms. The van der Waals surface area contributed by atoms with Crippen LogP contribution in [0.2, 0.25) is 0 Å². The molecule has 0 aliphatic carbocycles. The summed E-state index contributed by atoms with van der Waals surface area (Å²) in [4.78, 5) is 14.3. The number of hydrogen-bond acceptors (Lipinski definition) is 4. The van der Waals surface area contributed by atoms with Gasteiger partial charge in [0.1, 0.15) is 5.60 Å². The largest absolute Gasteiger partial charge is 0.870 e. The molecule has 0 spiro atoms. The summed E-state index contributed by atoms with van der Waals surface area (Å²) in [5, 5.41) is 2.67. The van der Waals surface area contributed by atoms with Crippen LogP contribution in [0.4, 0.5) is 4.79 Å². The second-order valence-electron chi connectivity index (χ2n) is 4.64. The number of ether oxygens (including phenoxy) is 2. The third-order valence-corrected chi connectivity index (χ3v) is 1.89. The Morgan fingerprint density at radius 1 is 1.39 bits per heavy atom. The molecule has 1 amide bonds. The van der Waals surface area contributed by atoms with E-state index in [-0.39, 0.29) is 5.48 Å². The van der Waals surface area contributed by atoms with Gasteiger partial charge in [-0.15, -0.1) is 0 Å². The van der Waals surface area contributed by atoms with Crippen LogP contribution in [0.1, 0.15) is 26.3 Å². The van der Waals surface area contributed by atoms with E-state index in [2.05, 4.69) is 10.3 Å². The molecule has 6 heteroatoms. The maximum atomic E-state index is 11.4. The molecule has 0 unspecified atom stereocenters. The number of nitrogens with one attached hydrogen (secondary N) is 2. The number of pyridine rings is 1. The van der Waals surface area contributed by atoms with Gasteiger partial charge in [-0.1, -0.05) is 0 Å². The second kappa shape index (κ2) is 6.80. The number of alkyl carbamates (subject to hydrolysis) is 1. The van der Waals surface area contributed by atoms with Crippen LogP contribution in [0.3, 0.4) is 0 Å². The first-order valence-electron chi connectivity index (χ1n) is 5.41. The van der Waals surface area contributed by atoms with Gasteiger partial charge in [0.05, 0.1) is 13.7 Å². The topological polar surface area (TPSA) is 91.7 Å². The van der Waals surface area contributed by atoms with Gasteiger partial charge in [-0.3, -0.25) is 0 Å². The summed E-state index contributed by atoms with van der Waals surface area (Å²) >= 11 is 0. The van der Waals surface area contributed by atoms with Gasteiger partial charge in [0, 0.05) is 5.56 Å². The minimum Gasteiger partial charge on any atom is -0.870 e. The van der Waals surface area contributed by atoms with Gasteiger partial charge in [-0.05, 0) is 26.8 Å². The zero-order valence-corrected chi connectivity index (χ0v) is 11.1. The molecule has 0 aliphatic rings. The summed E-state index contributed by atoms with van der Waals surface area (Å²) in [6, 6.07) is 1.84. The van der Waals surface area contributed by atoms with E-state index in [0.29, 0.717) is 12.3 Å². The Morgan fingerprint density at radius 2 is 2.06 bits per heavy atom. The number of aromatic amines is 1. The van der Waals surface area contributed by atoms with Gasteiger partial charge >= 0.3 is 6.09 Å². The van der Waals surface area contributed by atoms with E-state index in [1.165, 1.54) is 0 Å². The van der Waals surface area contributed by atoms with E-state index in [1.807, 2.05) is 26.8 Å². The molecule has 18 heavy (non-hydrogen) atoms. The van der Waals surface area contributed by atoms with Crippen molar-refractivity contribution in [2.45, 2.75) is 32.9 Å². The number of aromatic nitrogens is 1. The molecule has 0 atom stereocenters. The quantitative estimate of drug-likeness (QED) is 0.883. The number of carbonyl (C=O) groups excluding carboxylic acids is 1. The first-order valence-corrected chi connectivity index (χ1v) is 5.41. The number of hydrogen-bond donors (Lipinski definition) is 1. The van der Waals surface area contributed by atoms with Crippen molar-refractivity contribution in [1.82, 2.24) is 5.32 Å². The van der Waals surface area contributed by atoms with Gasteiger partial charge in [0.2, 0.25) is 6.20 Å². The normalized spacial score (nSPS) is 10.2. The highest BCUT2D eigenvalue weighted by Gasteiger charge is 2.15. The fraction of sp³-hybridized carbons (Fsp3) is 0.500. The smallest absolute Gasteiger partial charge is 0.407 e. The molecule has 0 fully saturated rings. The molecule has 6 nitrogen and oxygen atoms in total. The fourth-order valence-corrected chi connectivity index (χ4v) is 1.21. The maximum Gasteiger partial charge on any atom is 0.407 e. The zero-order chi connectivity index (χ0) is 12.9. The highest BCUT2D eigenvalue weighted by molar-refractivity contribution is 5.67. The Morgan fingerprint density at radius 3 is 2.61 bits per heavy atom. The van der Waals surface area contributed by atoms with Gasteiger partial charge in [0.15, 0.2) is 11.9 Å². The summed E-state index contributed by atoms with van der Waals surface area (Å²) in [6.07, 6.45) is 3.09. The van der Waals surface area contributed by atoms with Crippen LogP contribution in [0.15, 0.2) is 18.5 Å². The van der Waals surface area contributed by atoms with Gasteiger partial charge in [0.25, 0.3) is 0 Å². The van der Waals surface area contributed by atoms with Crippen molar-refractivity contribution in [3.63, 3.8) is 0 Å². The van der Waals surface area contributed by atoms with E-state index >= 15 is 0 Å². The van der Waals surface area contributed by atoms with E-state index in [4.69, 9.17) is 9.47 Å². The summed E-state index contributed by atoms with van der Waals surface area (Å²) in [5.41, 5.74) is 0.431. The summed E-state index contributed by atoms with van der Waals surface area (Å²) in [6.45, 7) is 5.87. The third kappa shape index (κ3) is 6.05. The molecular weight excluding hydrogens is 236 g/mol. The summed E-state index contributed by atoms with van der Waals surface area (Å²) in [5.74, 6) is 0.716. The van der Waals surface area contributed by atoms with Crippen LogP contribution in [0.25, 0.3) is 0 Å². The van der Waals surface area contributed by atoms with Crippen LogP contribution >= 0.6 is 0 Å². The van der Waals surface area contributed by atoms with Crippen molar-refractivity contribution in [1.29, 1.82) is 0 Å². The Hall–Kier alpha value is -1.82. The van der Waals surface area contributed by atoms with Gasteiger partial charge in [-0.2, -0.15) is 0 Å². The van der Waals surface area contributed by atoms with Crippen molar-refractivity contribution in [3.05, 3.63) is 24.0 Å². The van der Waals surface area contributed by atoms with Crippen molar-refractivity contribution >= 4 is 6.09 Å². The lowest BCUT2D eigenvalue weighted by atomic mass is 10.2. The lowest BCUT2D eigenvalue weighted by molar-refractivity contribution is -0.379. The molecule has 1 rings (SSSR count). The second-order valence-corrected chi connectivity index (χ2v) is 4.64. The number of carbonyl (C=O) groups is 1. The molecule has 3 N–H and O–H groups in total. The van der Waals surface area contributed by atoms with Crippen LogP contribution < -0.4 is 15.0 Å². The van der Waals surface area contributed by atoms with Crippen molar-refractivity contribution in [3.8, 4) is 5.75 Å². The number of rotatable bonds is 3. The number of amides is 1. The van der Waals surface area contributed by atoms with Crippen molar-refractivity contribution < 1.29 is 24.7 Å². The minimum absolute atomic E-state index is 0. The van der Waals surface area contributed by atoms with E-state index in [0.717, 1.165) is 5.56 Å². The Bertz CT molecular complexity index is 388. The molecule has 0 radical (unpaired) electrons. The number of methoxy groups -OCH3 is 1. The molecule has 102 valence electrons. The Labute approximate surface area is 107 Å². The Kier molecular flexibility index (Phi) is 6.12. The first-order chi connectivity index (χ1) is 7.90. The van der Waals surface area contributed by atoms with Gasteiger partial charge < -0.3 is 20.3 Å². The monoisotopic (exact) mass is 256 g/mol. The molecule has 0 saturated carbocycles. The highest BCUT2D eigenvalue weighted by atomic mass is 16.6. The van der Waals surface area contributed by atoms with E-state index in [9.17, 15) is 4.79 Å².